The van der Waals surface area contributed by atoms with E-state index in [0.29, 0.717) is 18.5 Å². The highest BCUT2D eigenvalue weighted by atomic mass is 19.1. The minimum atomic E-state index is -0.432. The van der Waals surface area contributed by atoms with Gasteiger partial charge < -0.3 is 10.6 Å². The molecule has 158 valence electrons. The van der Waals surface area contributed by atoms with Crippen LogP contribution >= 0.6 is 0 Å². The van der Waals surface area contributed by atoms with Gasteiger partial charge in [0, 0.05) is 25.2 Å². The van der Waals surface area contributed by atoms with Crippen LogP contribution < -0.4 is 5.73 Å². The number of hydrogen-bond acceptors (Lipinski definition) is 4. The second-order valence-electron chi connectivity index (χ2n) is 7.38. The molecule has 1 fully saturated rings. The van der Waals surface area contributed by atoms with Crippen LogP contribution in [-0.4, -0.2) is 38.4 Å². The lowest BCUT2D eigenvalue weighted by Gasteiger charge is -2.24. The van der Waals surface area contributed by atoms with Crippen LogP contribution in [-0.2, 0) is 11.2 Å². The fourth-order valence-corrected chi connectivity index (χ4v) is 3.63. The molecule has 0 saturated carbocycles. The van der Waals surface area contributed by atoms with E-state index in [4.69, 9.17) is 5.73 Å². The maximum absolute atomic E-state index is 13.8. The van der Waals surface area contributed by atoms with E-state index < -0.39 is 6.04 Å². The molecule has 1 amide bonds. The largest absolute Gasteiger partial charge is 0.334 e. The van der Waals surface area contributed by atoms with Crippen molar-refractivity contribution in [3.8, 4) is 0 Å². The highest BCUT2D eigenvalue weighted by Gasteiger charge is 2.32. The molecule has 2 aromatic rings. The van der Waals surface area contributed by atoms with E-state index in [0.717, 1.165) is 18.5 Å². The Hall–Kier alpha value is -3.06. The molecule has 7 heteroatoms. The minimum absolute atomic E-state index is 0.0271. The van der Waals surface area contributed by atoms with Crippen LogP contribution in [0.15, 0.2) is 60.8 Å². The molecule has 3 rings (SSSR count). The Labute approximate surface area is 176 Å². The third-order valence-corrected chi connectivity index (χ3v) is 5.08. The van der Waals surface area contributed by atoms with Gasteiger partial charge in [-0.25, -0.2) is 9.07 Å². The average molecular weight is 410 g/mol. The van der Waals surface area contributed by atoms with Gasteiger partial charge in [-0.2, -0.15) is 0 Å². The molecule has 1 aromatic carbocycles. The first-order valence-electron chi connectivity index (χ1n) is 10.2. The number of benzene rings is 1. The number of aromatic nitrogens is 3. The summed E-state index contributed by atoms with van der Waals surface area (Å²) in [5.74, 6) is -0.314. The zero-order valence-corrected chi connectivity index (χ0v) is 17.2. The second-order valence-corrected chi connectivity index (χ2v) is 7.38. The normalized spacial score (nSPS) is 18.2. The molecule has 0 unspecified atom stereocenters. The summed E-state index contributed by atoms with van der Waals surface area (Å²) in [5.41, 5.74) is 7.46. The highest BCUT2D eigenvalue weighted by Crippen LogP contribution is 2.31. The Balaban J connectivity index is 1.60. The Kier molecular flexibility index (Phi) is 7.68. The number of amides is 1. The fraction of sp³-hybridized carbons (Fsp3) is 0.348. The van der Waals surface area contributed by atoms with E-state index in [-0.39, 0.29) is 24.2 Å². The fourth-order valence-electron chi connectivity index (χ4n) is 3.63. The van der Waals surface area contributed by atoms with Crippen molar-refractivity contribution >= 4 is 12.1 Å². The minimum Gasteiger partial charge on any atom is -0.334 e. The van der Waals surface area contributed by atoms with Gasteiger partial charge in [-0.3, -0.25) is 4.79 Å². The molecule has 0 radical (unpaired) electrons. The van der Waals surface area contributed by atoms with Gasteiger partial charge in [0.05, 0.1) is 12.2 Å². The van der Waals surface area contributed by atoms with Crippen molar-refractivity contribution in [2.45, 2.75) is 44.7 Å². The van der Waals surface area contributed by atoms with E-state index in [1.54, 1.807) is 22.9 Å². The molecular weight excluding hydrogens is 381 g/mol. The second kappa shape index (κ2) is 10.6. The first-order chi connectivity index (χ1) is 14.6. The topological polar surface area (TPSA) is 77.0 Å². The average Bonchev–Trinajstić information content (AvgIpc) is 3.39. The van der Waals surface area contributed by atoms with Crippen LogP contribution in [0.3, 0.4) is 0 Å². The number of hydrogen-bond donors (Lipinski definition) is 1. The molecular formula is C23H28FN5O. The van der Waals surface area contributed by atoms with Crippen molar-refractivity contribution in [1.29, 1.82) is 0 Å². The van der Waals surface area contributed by atoms with Crippen molar-refractivity contribution in [2.75, 3.05) is 6.54 Å². The van der Waals surface area contributed by atoms with E-state index in [1.165, 1.54) is 6.07 Å². The van der Waals surface area contributed by atoms with Crippen LogP contribution in [0.1, 0.15) is 43.5 Å². The summed E-state index contributed by atoms with van der Waals surface area (Å²) in [6.45, 7) is 2.63. The summed E-state index contributed by atoms with van der Waals surface area (Å²) in [4.78, 5) is 14.7. The molecule has 2 N–H and O–H groups in total. The summed E-state index contributed by atoms with van der Waals surface area (Å²) in [5, 5.41) is 8.38. The molecule has 1 aliphatic rings. The number of rotatable bonds is 8. The zero-order valence-electron chi connectivity index (χ0n) is 17.2. The van der Waals surface area contributed by atoms with Gasteiger partial charge in [-0.05, 0) is 43.9 Å². The van der Waals surface area contributed by atoms with Crippen LogP contribution in [0.4, 0.5) is 4.39 Å². The van der Waals surface area contributed by atoms with Gasteiger partial charge in [0.15, 0.2) is 0 Å². The van der Waals surface area contributed by atoms with Gasteiger partial charge in [0.25, 0.3) is 0 Å². The maximum atomic E-state index is 13.8. The predicted octanol–water partition coefficient (Wildman–Crippen LogP) is 3.64. The van der Waals surface area contributed by atoms with Gasteiger partial charge in [-0.1, -0.05) is 47.7 Å². The Morgan fingerprint density at radius 1 is 1.30 bits per heavy atom. The monoisotopic (exact) mass is 409 g/mol. The summed E-state index contributed by atoms with van der Waals surface area (Å²) in [6, 6.07) is 6.01. The number of likely N-dealkylation sites (tertiary alicyclic amines) is 1. The molecule has 2 heterocycles. The smallest absolute Gasteiger partial charge is 0.224 e. The summed E-state index contributed by atoms with van der Waals surface area (Å²) in [6.07, 6.45) is 15.5. The highest BCUT2D eigenvalue weighted by molar-refractivity contribution is 5.77. The molecule has 6 nitrogen and oxygen atoms in total. The van der Waals surface area contributed by atoms with E-state index in [9.17, 15) is 9.18 Å². The Morgan fingerprint density at radius 3 is 2.90 bits per heavy atom. The van der Waals surface area contributed by atoms with E-state index in [2.05, 4.69) is 10.3 Å². The van der Waals surface area contributed by atoms with Gasteiger partial charge in [0.1, 0.15) is 11.5 Å². The van der Waals surface area contributed by atoms with Crippen LogP contribution in [0, 0.1) is 5.82 Å². The number of halogens is 1. The van der Waals surface area contributed by atoms with Gasteiger partial charge in [-0.15, -0.1) is 5.10 Å². The molecule has 0 spiro atoms. The standard InChI is InChI=1S/C23H28FN5O/c1-2-3-4-5-8-13-28-17-21(26-27-28)22-12-9-14-29(22)23(30)16-19(25)15-18-10-6-7-11-20(18)24/h2-8,10-11,13,17,19,22H,9,12,14-16,25H2,1H3/t19-,22+/m1/s1. The Morgan fingerprint density at radius 2 is 2.10 bits per heavy atom. The molecule has 1 aromatic heterocycles. The molecule has 1 aliphatic heterocycles. The number of carbonyl (C=O) groups excluding carboxylic acids is 1. The SMILES string of the molecule is CC=CC=CC=Cn1cc([C@@H]2CCCN2C(=O)C[C@H](N)Cc2ccccc2F)nn1. The molecule has 1 saturated heterocycles. The van der Waals surface area contributed by atoms with Crippen LogP contribution in [0.2, 0.25) is 0 Å². The van der Waals surface area contributed by atoms with Gasteiger partial charge >= 0.3 is 0 Å². The predicted molar refractivity (Wildman–Crippen MR) is 116 cm³/mol. The number of carbonyl (C=O) groups is 1. The molecule has 2 atom stereocenters. The number of allylic oxidation sites excluding steroid dienone is 5. The van der Waals surface area contributed by atoms with Gasteiger partial charge in [0.2, 0.25) is 5.91 Å². The number of nitrogens with zero attached hydrogens (tertiary/aromatic N) is 4. The van der Waals surface area contributed by atoms with Crippen LogP contribution in [0.5, 0.6) is 0 Å². The lowest BCUT2D eigenvalue weighted by molar-refractivity contribution is -0.132. The van der Waals surface area contributed by atoms with Crippen molar-refractivity contribution in [3.05, 3.63) is 77.9 Å². The maximum Gasteiger partial charge on any atom is 0.224 e. The third-order valence-electron chi connectivity index (χ3n) is 5.08. The Bertz CT molecular complexity index is 933. The van der Waals surface area contributed by atoms with Crippen molar-refractivity contribution < 1.29 is 9.18 Å². The lowest BCUT2D eigenvalue weighted by Crippen LogP contribution is -2.36. The van der Waals surface area contributed by atoms with E-state index >= 15 is 0 Å². The first kappa shape index (κ1) is 21.6. The summed E-state index contributed by atoms with van der Waals surface area (Å²) < 4.78 is 15.5. The van der Waals surface area contributed by atoms with Crippen LogP contribution in [0.25, 0.3) is 6.20 Å². The van der Waals surface area contributed by atoms with E-state index in [1.807, 2.05) is 54.6 Å². The zero-order chi connectivity index (χ0) is 21.3. The number of nitrogens with two attached hydrogens (primary N) is 1. The quantitative estimate of drug-likeness (QED) is 0.675. The van der Waals surface area contributed by atoms with Crippen molar-refractivity contribution in [2.24, 2.45) is 5.73 Å². The first-order valence-corrected chi connectivity index (χ1v) is 10.2. The summed E-state index contributed by atoms with van der Waals surface area (Å²) in [7, 11) is 0. The lowest BCUT2D eigenvalue weighted by atomic mass is 10.0. The summed E-state index contributed by atoms with van der Waals surface area (Å²) >= 11 is 0. The molecule has 30 heavy (non-hydrogen) atoms. The van der Waals surface area contributed by atoms with Crippen molar-refractivity contribution in [1.82, 2.24) is 19.9 Å². The third kappa shape index (κ3) is 5.73. The molecule has 0 aliphatic carbocycles. The molecule has 0 bridgehead atoms. The van der Waals surface area contributed by atoms with Crippen molar-refractivity contribution in [3.63, 3.8) is 0 Å².